The SMILES string of the molecule is Cc1ccc(-c2cnc3cc(C)ccc3n2)cc1. The van der Waals surface area contributed by atoms with E-state index in [4.69, 9.17) is 0 Å². The monoisotopic (exact) mass is 234 g/mol. The molecule has 1 aromatic heterocycles. The molecule has 0 atom stereocenters. The molecule has 18 heavy (non-hydrogen) atoms. The van der Waals surface area contributed by atoms with Crippen LogP contribution in [-0.4, -0.2) is 9.97 Å². The van der Waals surface area contributed by atoms with Gasteiger partial charge in [-0.15, -0.1) is 0 Å². The van der Waals surface area contributed by atoms with Crippen molar-refractivity contribution in [3.05, 3.63) is 59.8 Å². The molecule has 3 rings (SSSR count). The molecular weight excluding hydrogens is 220 g/mol. The van der Waals surface area contributed by atoms with Gasteiger partial charge in [-0.05, 0) is 31.5 Å². The molecule has 2 aromatic carbocycles. The Morgan fingerprint density at radius 3 is 2.28 bits per heavy atom. The first-order valence-corrected chi connectivity index (χ1v) is 6.03. The second-order valence-electron chi connectivity index (χ2n) is 4.61. The minimum Gasteiger partial charge on any atom is -0.252 e. The van der Waals surface area contributed by atoms with Gasteiger partial charge in [0.1, 0.15) is 0 Å². The molecule has 0 radical (unpaired) electrons. The summed E-state index contributed by atoms with van der Waals surface area (Å²) in [6, 6.07) is 14.5. The Hall–Kier alpha value is -2.22. The van der Waals surface area contributed by atoms with Gasteiger partial charge in [-0.2, -0.15) is 0 Å². The number of hydrogen-bond donors (Lipinski definition) is 0. The Morgan fingerprint density at radius 2 is 1.50 bits per heavy atom. The van der Waals surface area contributed by atoms with E-state index < -0.39 is 0 Å². The van der Waals surface area contributed by atoms with Crippen molar-refractivity contribution < 1.29 is 0 Å². The van der Waals surface area contributed by atoms with Gasteiger partial charge in [-0.3, -0.25) is 4.98 Å². The molecule has 1 heterocycles. The lowest BCUT2D eigenvalue weighted by Gasteiger charge is -2.03. The highest BCUT2D eigenvalue weighted by atomic mass is 14.8. The van der Waals surface area contributed by atoms with Crippen molar-refractivity contribution in [2.24, 2.45) is 0 Å². The molecule has 88 valence electrons. The Bertz CT molecular complexity index is 700. The van der Waals surface area contributed by atoms with Gasteiger partial charge in [0.15, 0.2) is 0 Å². The summed E-state index contributed by atoms with van der Waals surface area (Å²) in [4.78, 5) is 9.13. The van der Waals surface area contributed by atoms with Gasteiger partial charge < -0.3 is 0 Å². The summed E-state index contributed by atoms with van der Waals surface area (Å²) in [6.07, 6.45) is 1.84. The van der Waals surface area contributed by atoms with E-state index in [0.717, 1.165) is 22.3 Å². The third-order valence-electron chi connectivity index (χ3n) is 3.05. The summed E-state index contributed by atoms with van der Waals surface area (Å²) in [7, 11) is 0. The second kappa shape index (κ2) is 4.22. The third-order valence-corrected chi connectivity index (χ3v) is 3.05. The average molecular weight is 234 g/mol. The molecule has 2 heteroatoms. The largest absolute Gasteiger partial charge is 0.252 e. The van der Waals surface area contributed by atoms with Crippen molar-refractivity contribution >= 4 is 11.0 Å². The first-order valence-electron chi connectivity index (χ1n) is 6.03. The molecule has 0 fully saturated rings. The summed E-state index contributed by atoms with van der Waals surface area (Å²) in [5.74, 6) is 0. The normalized spacial score (nSPS) is 10.8. The van der Waals surface area contributed by atoms with Crippen LogP contribution in [0.25, 0.3) is 22.3 Å². The Kier molecular flexibility index (Phi) is 2.56. The summed E-state index contributed by atoms with van der Waals surface area (Å²) in [6.45, 7) is 4.15. The van der Waals surface area contributed by atoms with E-state index >= 15 is 0 Å². The molecule has 0 saturated carbocycles. The van der Waals surface area contributed by atoms with Crippen LogP contribution in [-0.2, 0) is 0 Å². The molecule has 0 aliphatic heterocycles. The zero-order valence-electron chi connectivity index (χ0n) is 10.5. The van der Waals surface area contributed by atoms with Gasteiger partial charge in [-0.25, -0.2) is 4.98 Å². The smallest absolute Gasteiger partial charge is 0.0894 e. The van der Waals surface area contributed by atoms with E-state index in [0.29, 0.717) is 0 Å². The van der Waals surface area contributed by atoms with Gasteiger partial charge in [0, 0.05) is 5.56 Å². The van der Waals surface area contributed by atoms with Crippen LogP contribution < -0.4 is 0 Å². The molecule has 0 amide bonds. The number of benzene rings is 2. The molecule has 0 saturated heterocycles. The van der Waals surface area contributed by atoms with Crippen LogP contribution >= 0.6 is 0 Å². The Balaban J connectivity index is 2.13. The van der Waals surface area contributed by atoms with Crippen LogP contribution in [0.5, 0.6) is 0 Å². The van der Waals surface area contributed by atoms with Crippen LogP contribution in [0.4, 0.5) is 0 Å². The number of aryl methyl sites for hydroxylation is 2. The third kappa shape index (κ3) is 1.97. The van der Waals surface area contributed by atoms with Gasteiger partial charge in [0.2, 0.25) is 0 Å². The van der Waals surface area contributed by atoms with Crippen molar-refractivity contribution in [3.63, 3.8) is 0 Å². The van der Waals surface area contributed by atoms with Crippen LogP contribution in [0.15, 0.2) is 48.7 Å². The lowest BCUT2D eigenvalue weighted by molar-refractivity contribution is 1.28. The predicted molar refractivity (Wildman–Crippen MR) is 74.4 cm³/mol. The fourth-order valence-electron chi connectivity index (χ4n) is 1.98. The van der Waals surface area contributed by atoms with Gasteiger partial charge in [-0.1, -0.05) is 35.9 Å². The maximum Gasteiger partial charge on any atom is 0.0894 e. The van der Waals surface area contributed by atoms with Crippen molar-refractivity contribution in [1.82, 2.24) is 9.97 Å². The zero-order chi connectivity index (χ0) is 12.5. The van der Waals surface area contributed by atoms with Crippen molar-refractivity contribution in [2.45, 2.75) is 13.8 Å². The summed E-state index contributed by atoms with van der Waals surface area (Å²) >= 11 is 0. The minimum absolute atomic E-state index is 0.923. The Labute approximate surface area is 106 Å². The summed E-state index contributed by atoms with van der Waals surface area (Å²) < 4.78 is 0. The first kappa shape index (κ1) is 10.9. The second-order valence-corrected chi connectivity index (χ2v) is 4.61. The quantitative estimate of drug-likeness (QED) is 0.638. The van der Waals surface area contributed by atoms with Crippen molar-refractivity contribution in [3.8, 4) is 11.3 Å². The van der Waals surface area contributed by atoms with E-state index in [1.165, 1.54) is 11.1 Å². The lowest BCUT2D eigenvalue weighted by atomic mass is 10.1. The van der Waals surface area contributed by atoms with E-state index in [-0.39, 0.29) is 0 Å². The van der Waals surface area contributed by atoms with Crippen LogP contribution in [0.3, 0.4) is 0 Å². The molecule has 0 spiro atoms. The standard InChI is InChI=1S/C16H14N2/c1-11-3-6-13(7-4-11)16-10-17-15-9-12(2)5-8-14(15)18-16/h3-10H,1-2H3. The lowest BCUT2D eigenvalue weighted by Crippen LogP contribution is -1.89. The molecule has 3 aromatic rings. The maximum atomic E-state index is 4.65. The van der Waals surface area contributed by atoms with Crippen molar-refractivity contribution in [1.29, 1.82) is 0 Å². The average Bonchev–Trinajstić information content (AvgIpc) is 2.39. The number of rotatable bonds is 1. The number of hydrogen-bond acceptors (Lipinski definition) is 2. The minimum atomic E-state index is 0.923. The fraction of sp³-hybridized carbons (Fsp3) is 0.125. The van der Waals surface area contributed by atoms with Gasteiger partial charge in [0.05, 0.1) is 22.9 Å². The van der Waals surface area contributed by atoms with E-state index in [1.807, 2.05) is 12.3 Å². The number of aromatic nitrogens is 2. The van der Waals surface area contributed by atoms with Crippen LogP contribution in [0, 0.1) is 13.8 Å². The topological polar surface area (TPSA) is 25.8 Å². The highest BCUT2D eigenvalue weighted by Gasteiger charge is 2.02. The number of nitrogens with zero attached hydrogens (tertiary/aromatic N) is 2. The fourth-order valence-corrected chi connectivity index (χ4v) is 1.98. The highest BCUT2D eigenvalue weighted by molar-refractivity contribution is 5.77. The first-order chi connectivity index (χ1) is 8.72. The molecule has 0 N–H and O–H groups in total. The zero-order valence-corrected chi connectivity index (χ0v) is 10.5. The van der Waals surface area contributed by atoms with Gasteiger partial charge >= 0.3 is 0 Å². The van der Waals surface area contributed by atoms with E-state index in [9.17, 15) is 0 Å². The van der Waals surface area contributed by atoms with E-state index in [2.05, 4.69) is 60.2 Å². The van der Waals surface area contributed by atoms with Crippen molar-refractivity contribution in [2.75, 3.05) is 0 Å². The van der Waals surface area contributed by atoms with Gasteiger partial charge in [0.25, 0.3) is 0 Å². The number of fused-ring (bicyclic) bond motifs is 1. The predicted octanol–water partition coefficient (Wildman–Crippen LogP) is 3.91. The maximum absolute atomic E-state index is 4.65. The van der Waals surface area contributed by atoms with E-state index in [1.54, 1.807) is 0 Å². The molecular formula is C16H14N2. The molecule has 0 aliphatic rings. The van der Waals surface area contributed by atoms with Crippen LogP contribution in [0.1, 0.15) is 11.1 Å². The Morgan fingerprint density at radius 1 is 0.778 bits per heavy atom. The molecule has 0 aliphatic carbocycles. The van der Waals surface area contributed by atoms with Crippen LogP contribution in [0.2, 0.25) is 0 Å². The highest BCUT2D eigenvalue weighted by Crippen LogP contribution is 2.20. The molecule has 2 nitrogen and oxygen atoms in total. The molecule has 0 bridgehead atoms. The summed E-state index contributed by atoms with van der Waals surface area (Å²) in [5, 5.41) is 0. The summed E-state index contributed by atoms with van der Waals surface area (Å²) in [5.41, 5.74) is 6.38. The molecule has 0 unspecified atom stereocenters.